The van der Waals surface area contributed by atoms with Crippen LogP contribution in [-0.4, -0.2) is 64.4 Å². The van der Waals surface area contributed by atoms with E-state index in [1.807, 2.05) is 43.0 Å². The highest BCUT2D eigenvalue weighted by Crippen LogP contribution is 2.34. The lowest BCUT2D eigenvalue weighted by atomic mass is 9.86. The summed E-state index contributed by atoms with van der Waals surface area (Å²) in [5, 5.41) is 23.3. The van der Waals surface area contributed by atoms with Crippen LogP contribution in [0.4, 0.5) is 0 Å². The van der Waals surface area contributed by atoms with E-state index < -0.39 is 18.2 Å². The number of amides is 2. The van der Waals surface area contributed by atoms with Crippen molar-refractivity contribution in [2.24, 2.45) is 5.92 Å². The maximum Gasteiger partial charge on any atom is 0.247 e. The van der Waals surface area contributed by atoms with Gasteiger partial charge >= 0.3 is 0 Å². The second kappa shape index (κ2) is 12.2. The molecule has 0 aromatic heterocycles. The molecule has 0 heterocycles. The first-order valence-electron chi connectivity index (χ1n) is 11.8. The monoisotopic (exact) mass is 570 g/mol. The number of halogens is 1. The zero-order valence-electron chi connectivity index (χ0n) is 19.4. The summed E-state index contributed by atoms with van der Waals surface area (Å²) in [6.07, 6.45) is 4.51. The molecule has 1 fully saturated rings. The lowest BCUT2D eigenvalue weighted by Gasteiger charge is -2.43. The van der Waals surface area contributed by atoms with Gasteiger partial charge in [-0.3, -0.25) is 9.59 Å². The molecule has 8 heteroatoms. The maximum absolute atomic E-state index is 13.4. The normalized spacial score (nSPS) is 23.3. The third kappa shape index (κ3) is 6.70. The van der Waals surface area contributed by atoms with E-state index >= 15 is 0 Å². The largest absolute Gasteiger partial charge is 0.482 e. The van der Waals surface area contributed by atoms with E-state index in [1.165, 1.54) is 0 Å². The number of carbonyl (C=O) groups excluding carboxylic acids is 2. The van der Waals surface area contributed by atoms with Gasteiger partial charge in [0.15, 0.2) is 0 Å². The Labute approximate surface area is 209 Å². The van der Waals surface area contributed by atoms with Crippen LogP contribution in [-0.2, 0) is 9.59 Å². The number of hydrogen-bond donors (Lipinski definition) is 3. The van der Waals surface area contributed by atoms with E-state index in [1.54, 1.807) is 6.08 Å². The highest BCUT2D eigenvalue weighted by Gasteiger charge is 2.43. The Balaban J connectivity index is 1.94. The van der Waals surface area contributed by atoms with Crippen molar-refractivity contribution >= 4 is 34.4 Å². The molecule has 2 amide bonds. The summed E-state index contributed by atoms with van der Waals surface area (Å²) in [4.78, 5) is 28.1. The molecule has 182 valence electrons. The first-order chi connectivity index (χ1) is 15.8. The molecule has 0 aliphatic heterocycles. The van der Waals surface area contributed by atoms with Crippen LogP contribution in [0.3, 0.4) is 0 Å². The molecule has 0 saturated heterocycles. The molecule has 0 spiro atoms. The quantitative estimate of drug-likeness (QED) is 0.397. The van der Waals surface area contributed by atoms with Crippen molar-refractivity contribution in [3.63, 3.8) is 0 Å². The molecule has 1 saturated carbocycles. The summed E-state index contributed by atoms with van der Waals surface area (Å²) in [5.41, 5.74) is 0.468. The Hall–Kier alpha value is -1.65. The summed E-state index contributed by atoms with van der Waals surface area (Å²) in [6, 6.07) is 7.03. The molecule has 1 aromatic carbocycles. The fourth-order valence-corrected chi connectivity index (χ4v) is 5.25. The summed E-state index contributed by atoms with van der Waals surface area (Å²) in [6.45, 7) is 4.01. The van der Waals surface area contributed by atoms with E-state index in [0.717, 1.165) is 29.3 Å². The predicted octanol–water partition coefficient (Wildman–Crippen LogP) is 3.02. The summed E-state index contributed by atoms with van der Waals surface area (Å²) in [5.74, 6) is 0.532. The molecule has 1 aromatic rings. The van der Waals surface area contributed by atoms with Gasteiger partial charge in [-0.1, -0.05) is 38.8 Å². The van der Waals surface area contributed by atoms with Crippen LogP contribution >= 0.6 is 22.6 Å². The van der Waals surface area contributed by atoms with E-state index in [4.69, 9.17) is 9.84 Å². The first kappa shape index (κ1) is 26.0. The highest BCUT2D eigenvalue weighted by molar-refractivity contribution is 14.1. The number of aliphatic hydroxyl groups excluding tert-OH is 2. The maximum atomic E-state index is 13.4. The number of aliphatic hydroxyl groups is 2. The van der Waals surface area contributed by atoms with Crippen LogP contribution in [0.5, 0.6) is 5.75 Å². The molecule has 3 N–H and O–H groups in total. The number of nitrogens with zero attached hydrogens (tertiary/aromatic N) is 1. The predicted molar refractivity (Wildman–Crippen MR) is 135 cm³/mol. The third-order valence-corrected chi connectivity index (χ3v) is 7.15. The van der Waals surface area contributed by atoms with Gasteiger partial charge in [-0.2, -0.15) is 0 Å². The smallest absolute Gasteiger partial charge is 0.247 e. The van der Waals surface area contributed by atoms with Gasteiger partial charge in [0.25, 0.3) is 0 Å². The fourth-order valence-electron chi connectivity index (χ4n) is 4.73. The van der Waals surface area contributed by atoms with Gasteiger partial charge in [0.1, 0.15) is 18.0 Å². The SMILES string of the molecule is CC(C)CC(=O)N(C1CCCC1)C1CC(C(=O)NCCO)=CC(Oc2ccccc2I)C1O. The van der Waals surface area contributed by atoms with Crippen LogP contribution < -0.4 is 10.1 Å². The minimum absolute atomic E-state index is 0.0195. The number of nitrogens with one attached hydrogen (secondary N) is 1. The Bertz CT molecular complexity index is 853. The molecule has 0 bridgehead atoms. The second-order valence-electron chi connectivity index (χ2n) is 9.28. The van der Waals surface area contributed by atoms with E-state index in [-0.39, 0.29) is 43.3 Å². The average molecular weight is 570 g/mol. The summed E-state index contributed by atoms with van der Waals surface area (Å²) in [7, 11) is 0. The third-order valence-electron chi connectivity index (χ3n) is 6.26. The molecule has 0 radical (unpaired) electrons. The van der Waals surface area contributed by atoms with Crippen molar-refractivity contribution in [2.75, 3.05) is 13.2 Å². The lowest BCUT2D eigenvalue weighted by Crippen LogP contribution is -2.57. The first-order valence-corrected chi connectivity index (χ1v) is 12.9. The number of ether oxygens (including phenoxy) is 1. The lowest BCUT2D eigenvalue weighted by molar-refractivity contribution is -0.142. The molecule has 3 unspecified atom stereocenters. The Morgan fingerprint density at radius 1 is 1.24 bits per heavy atom. The minimum atomic E-state index is -0.966. The molecule has 3 atom stereocenters. The van der Waals surface area contributed by atoms with Crippen molar-refractivity contribution in [1.29, 1.82) is 0 Å². The number of para-hydroxylation sites is 1. The van der Waals surface area contributed by atoms with Crippen molar-refractivity contribution < 1.29 is 24.5 Å². The second-order valence-corrected chi connectivity index (χ2v) is 10.4. The van der Waals surface area contributed by atoms with Crippen LogP contribution in [0.2, 0.25) is 0 Å². The number of carbonyl (C=O) groups is 2. The van der Waals surface area contributed by atoms with Gasteiger partial charge < -0.3 is 25.2 Å². The summed E-state index contributed by atoms with van der Waals surface area (Å²) < 4.78 is 7.08. The molecule has 3 rings (SSSR count). The van der Waals surface area contributed by atoms with E-state index in [0.29, 0.717) is 17.7 Å². The number of hydrogen-bond acceptors (Lipinski definition) is 5. The van der Waals surface area contributed by atoms with Gasteiger partial charge in [0, 0.05) is 31.0 Å². The number of rotatable bonds is 9. The molecular formula is C25H35IN2O5. The van der Waals surface area contributed by atoms with Crippen molar-refractivity contribution in [3.05, 3.63) is 39.5 Å². The average Bonchev–Trinajstić information content (AvgIpc) is 3.29. The highest BCUT2D eigenvalue weighted by atomic mass is 127. The van der Waals surface area contributed by atoms with Crippen LogP contribution in [0.25, 0.3) is 0 Å². The van der Waals surface area contributed by atoms with Crippen molar-refractivity contribution in [2.45, 2.75) is 76.7 Å². The Kier molecular flexibility index (Phi) is 9.57. The Morgan fingerprint density at radius 2 is 1.94 bits per heavy atom. The van der Waals surface area contributed by atoms with Gasteiger partial charge in [0.05, 0.1) is 16.2 Å². The topological polar surface area (TPSA) is 99.1 Å². The van der Waals surface area contributed by atoms with Crippen LogP contribution in [0.15, 0.2) is 35.9 Å². The zero-order valence-corrected chi connectivity index (χ0v) is 21.5. The molecule has 2 aliphatic rings. The van der Waals surface area contributed by atoms with Crippen LogP contribution in [0.1, 0.15) is 52.4 Å². The molecule has 2 aliphatic carbocycles. The number of benzene rings is 1. The van der Waals surface area contributed by atoms with Crippen molar-refractivity contribution in [1.82, 2.24) is 10.2 Å². The fraction of sp³-hybridized carbons (Fsp3) is 0.600. The summed E-state index contributed by atoms with van der Waals surface area (Å²) >= 11 is 2.17. The minimum Gasteiger partial charge on any atom is -0.482 e. The van der Waals surface area contributed by atoms with Crippen molar-refractivity contribution in [3.8, 4) is 5.75 Å². The van der Waals surface area contributed by atoms with E-state index in [2.05, 4.69) is 27.9 Å². The molecular weight excluding hydrogens is 535 g/mol. The standard InChI is InChI=1S/C25H35IN2O5/c1-16(2)13-23(30)28(18-7-3-4-8-18)20-14-17(25(32)27-11-12-29)15-22(24(20)31)33-21-10-6-5-9-19(21)26/h5-6,9-10,15-16,18,20,22,24,29,31H,3-4,7-8,11-14H2,1-2H3,(H,27,32). The molecule has 33 heavy (non-hydrogen) atoms. The van der Waals surface area contributed by atoms with Gasteiger partial charge in [-0.15, -0.1) is 0 Å². The Morgan fingerprint density at radius 3 is 2.58 bits per heavy atom. The zero-order chi connectivity index (χ0) is 24.0. The van der Waals surface area contributed by atoms with E-state index in [9.17, 15) is 14.7 Å². The van der Waals surface area contributed by atoms with Crippen LogP contribution in [0, 0.1) is 9.49 Å². The van der Waals surface area contributed by atoms with Gasteiger partial charge in [0.2, 0.25) is 11.8 Å². The molecule has 7 nitrogen and oxygen atoms in total. The van der Waals surface area contributed by atoms with Gasteiger partial charge in [-0.05, 0) is 59.6 Å². The van der Waals surface area contributed by atoms with Gasteiger partial charge in [-0.25, -0.2) is 0 Å².